The third-order valence-electron chi connectivity index (χ3n) is 7.58. The molecular weight excluding hydrogens is 669 g/mol. The van der Waals surface area contributed by atoms with E-state index in [1.165, 1.54) is 43.1 Å². The number of aryl methyl sites for hydroxylation is 1. The standard InChI is InChI=1S/C34H28N6O7S2/c1-18-14-28(41)38-33(35-18)48-26-13-10-22(40(44)45)15-20(26)16-27-32(43)39-30(24-12-11-23(46-3)17-25(24)47-4)29(19(2)36-34(39)49-27)31(42)37-21-8-6-5-7-9-21/h5-17,30H,1-4H3,(H,37,42)(H,35,38,41)/b27-16+/t30-/m0/s1. The number of carbonyl (C=O) groups is 1. The number of non-ortho nitro benzene ring substituents is 1. The molecule has 3 aromatic carbocycles. The number of aromatic nitrogens is 3. The number of hydrogen-bond donors (Lipinski definition) is 2. The number of methoxy groups -OCH3 is 2. The summed E-state index contributed by atoms with van der Waals surface area (Å²) < 4.78 is 12.8. The van der Waals surface area contributed by atoms with Crippen LogP contribution in [-0.2, 0) is 4.79 Å². The number of nitrogens with zero attached hydrogens (tertiary/aromatic N) is 4. The molecule has 0 unspecified atom stereocenters. The first kappa shape index (κ1) is 33.1. The van der Waals surface area contributed by atoms with E-state index in [0.717, 1.165) is 23.1 Å². The van der Waals surface area contributed by atoms with Crippen LogP contribution >= 0.6 is 23.1 Å². The molecule has 248 valence electrons. The highest BCUT2D eigenvalue weighted by Gasteiger charge is 2.34. The molecule has 1 atom stereocenters. The molecule has 3 heterocycles. The predicted molar refractivity (Wildman–Crippen MR) is 185 cm³/mol. The lowest BCUT2D eigenvalue weighted by Gasteiger charge is -2.26. The van der Waals surface area contributed by atoms with E-state index >= 15 is 0 Å². The van der Waals surface area contributed by atoms with Crippen molar-refractivity contribution in [1.82, 2.24) is 14.5 Å². The molecule has 1 aliphatic rings. The fraction of sp³-hybridized carbons (Fsp3) is 0.147. The molecule has 0 saturated heterocycles. The van der Waals surface area contributed by atoms with Gasteiger partial charge in [-0.2, -0.15) is 0 Å². The van der Waals surface area contributed by atoms with E-state index in [4.69, 9.17) is 9.47 Å². The molecule has 2 aromatic heterocycles. The lowest BCUT2D eigenvalue weighted by atomic mass is 9.94. The molecule has 0 aliphatic carbocycles. The van der Waals surface area contributed by atoms with Crippen LogP contribution in [-0.4, -0.2) is 39.6 Å². The summed E-state index contributed by atoms with van der Waals surface area (Å²) in [7, 11) is 3.01. The smallest absolute Gasteiger partial charge is 0.271 e. The number of amides is 1. The molecule has 1 amide bonds. The monoisotopic (exact) mass is 696 g/mol. The van der Waals surface area contributed by atoms with E-state index in [2.05, 4.69) is 20.3 Å². The maximum atomic E-state index is 14.4. The molecule has 0 saturated carbocycles. The first-order chi connectivity index (χ1) is 23.6. The van der Waals surface area contributed by atoms with Crippen molar-refractivity contribution in [2.45, 2.75) is 29.9 Å². The average Bonchev–Trinajstić information content (AvgIpc) is 3.38. The number of rotatable bonds is 9. The summed E-state index contributed by atoms with van der Waals surface area (Å²) in [5, 5.41) is 14.9. The number of nitrogens with one attached hydrogen (secondary N) is 2. The lowest BCUT2D eigenvalue weighted by molar-refractivity contribution is -0.384. The minimum atomic E-state index is -0.955. The molecule has 2 N–H and O–H groups in total. The van der Waals surface area contributed by atoms with Gasteiger partial charge in [0.1, 0.15) is 17.5 Å². The van der Waals surface area contributed by atoms with Gasteiger partial charge in [-0.25, -0.2) is 9.98 Å². The van der Waals surface area contributed by atoms with Crippen molar-refractivity contribution in [1.29, 1.82) is 0 Å². The van der Waals surface area contributed by atoms with Gasteiger partial charge in [0.05, 0.1) is 34.9 Å². The Balaban J connectivity index is 1.55. The van der Waals surface area contributed by atoms with Crippen LogP contribution in [0.5, 0.6) is 11.5 Å². The third-order valence-corrected chi connectivity index (χ3v) is 9.54. The van der Waals surface area contributed by atoms with E-state index in [0.29, 0.717) is 49.4 Å². The quantitative estimate of drug-likeness (QED) is 0.129. The molecular formula is C34H28N6O7S2. The second-order valence-corrected chi connectivity index (χ2v) is 12.8. The number of carbonyl (C=O) groups excluding carboxylic acids is 1. The Morgan fingerprint density at radius 3 is 2.53 bits per heavy atom. The van der Waals surface area contributed by atoms with Crippen LogP contribution in [0.3, 0.4) is 0 Å². The summed E-state index contributed by atoms with van der Waals surface area (Å²) in [5.74, 6) is 0.446. The fourth-order valence-corrected chi connectivity index (χ4v) is 7.33. The van der Waals surface area contributed by atoms with Gasteiger partial charge in [0.15, 0.2) is 9.96 Å². The molecule has 5 aromatic rings. The van der Waals surface area contributed by atoms with Crippen LogP contribution < -0.4 is 35.2 Å². The zero-order chi connectivity index (χ0) is 34.8. The molecule has 0 radical (unpaired) electrons. The number of H-pyrrole nitrogens is 1. The zero-order valence-electron chi connectivity index (χ0n) is 26.5. The maximum absolute atomic E-state index is 14.4. The SMILES string of the molecule is COc1ccc([C@H]2C(C(=O)Nc3ccccc3)=C(C)N=c3s/c(=C/c4cc([N+](=O)[O-])ccc4Sc4nc(C)cc(=O)[nH]4)c(=O)n32)c(OC)c1. The maximum Gasteiger partial charge on any atom is 0.271 e. The Bertz CT molecular complexity index is 2400. The number of ether oxygens (including phenoxy) is 2. The second kappa shape index (κ2) is 13.7. The largest absolute Gasteiger partial charge is 0.497 e. The molecule has 1 aliphatic heterocycles. The van der Waals surface area contributed by atoms with E-state index in [1.54, 1.807) is 62.4 Å². The van der Waals surface area contributed by atoms with Crippen LogP contribution in [0.15, 0.2) is 109 Å². The number of fused-ring (bicyclic) bond motifs is 1. The summed E-state index contributed by atoms with van der Waals surface area (Å²) in [6.07, 6.45) is 1.54. The molecule has 0 fully saturated rings. The Morgan fingerprint density at radius 2 is 1.84 bits per heavy atom. The van der Waals surface area contributed by atoms with E-state index in [1.807, 2.05) is 6.07 Å². The molecule has 0 spiro atoms. The van der Waals surface area contributed by atoms with Gasteiger partial charge >= 0.3 is 0 Å². The van der Waals surface area contributed by atoms with E-state index in [9.17, 15) is 24.5 Å². The van der Waals surface area contributed by atoms with Crippen LogP contribution in [0.25, 0.3) is 6.08 Å². The van der Waals surface area contributed by atoms with Gasteiger partial charge in [-0.15, -0.1) is 0 Å². The summed E-state index contributed by atoms with van der Waals surface area (Å²) in [6, 6.07) is 18.7. The van der Waals surface area contributed by atoms with Crippen molar-refractivity contribution in [2.24, 2.45) is 4.99 Å². The van der Waals surface area contributed by atoms with Gasteiger partial charge in [-0.1, -0.05) is 41.3 Å². The van der Waals surface area contributed by atoms with Crippen molar-refractivity contribution >= 4 is 46.5 Å². The van der Waals surface area contributed by atoms with Crippen LogP contribution in [0, 0.1) is 17.0 Å². The highest BCUT2D eigenvalue weighted by molar-refractivity contribution is 7.99. The van der Waals surface area contributed by atoms with E-state index < -0.39 is 22.4 Å². The number of nitro benzene ring substituents is 1. The Labute approximate surface area is 286 Å². The minimum Gasteiger partial charge on any atom is -0.497 e. The van der Waals surface area contributed by atoms with Crippen LogP contribution in [0.2, 0.25) is 0 Å². The van der Waals surface area contributed by atoms with Crippen molar-refractivity contribution in [2.75, 3.05) is 19.5 Å². The summed E-state index contributed by atoms with van der Waals surface area (Å²) in [6.45, 7) is 3.38. The topological polar surface area (TPSA) is 171 Å². The van der Waals surface area contributed by atoms with Crippen LogP contribution in [0.4, 0.5) is 11.4 Å². The van der Waals surface area contributed by atoms with Gasteiger partial charge in [-0.05, 0) is 55.8 Å². The number of anilines is 1. The van der Waals surface area contributed by atoms with Gasteiger partial charge in [0.25, 0.3) is 22.7 Å². The summed E-state index contributed by atoms with van der Waals surface area (Å²) in [5.41, 5.74) is 1.54. The minimum absolute atomic E-state index is 0.189. The van der Waals surface area contributed by atoms with E-state index in [-0.39, 0.29) is 26.5 Å². The van der Waals surface area contributed by atoms with Gasteiger partial charge < -0.3 is 19.8 Å². The van der Waals surface area contributed by atoms with Gasteiger partial charge in [0.2, 0.25) is 0 Å². The number of aromatic amines is 1. The Kier molecular flexibility index (Phi) is 9.29. The third kappa shape index (κ3) is 6.79. The van der Waals surface area contributed by atoms with Crippen molar-refractivity contribution in [3.8, 4) is 11.5 Å². The number of benzene rings is 3. The number of allylic oxidation sites excluding steroid dienone is 1. The molecule has 6 rings (SSSR count). The Hall–Kier alpha value is -5.80. The van der Waals surface area contributed by atoms with Crippen molar-refractivity contribution in [3.63, 3.8) is 0 Å². The average molecular weight is 697 g/mol. The number of nitro groups is 1. The van der Waals surface area contributed by atoms with Crippen molar-refractivity contribution < 1.29 is 19.2 Å². The summed E-state index contributed by atoms with van der Waals surface area (Å²) >= 11 is 2.17. The lowest BCUT2D eigenvalue weighted by Crippen LogP contribution is -2.40. The van der Waals surface area contributed by atoms with Gasteiger partial charge in [-0.3, -0.25) is 29.1 Å². The van der Waals surface area contributed by atoms with Crippen molar-refractivity contribution in [3.05, 3.63) is 141 Å². The number of para-hydroxylation sites is 1. The zero-order valence-corrected chi connectivity index (χ0v) is 28.2. The predicted octanol–water partition coefficient (Wildman–Crippen LogP) is 4.34. The first-order valence-electron chi connectivity index (χ1n) is 14.7. The highest BCUT2D eigenvalue weighted by Crippen LogP contribution is 2.38. The molecule has 15 heteroatoms. The number of thiazole rings is 1. The van der Waals surface area contributed by atoms with Crippen LogP contribution in [0.1, 0.15) is 29.8 Å². The normalized spacial score (nSPS) is 14.2. The van der Waals surface area contributed by atoms with Gasteiger partial charge in [0, 0.05) is 46.1 Å². The molecule has 0 bridgehead atoms. The second-order valence-electron chi connectivity index (χ2n) is 10.8. The number of hydrogen-bond acceptors (Lipinski definition) is 11. The molecule has 49 heavy (non-hydrogen) atoms. The Morgan fingerprint density at radius 1 is 1.06 bits per heavy atom. The molecule has 13 nitrogen and oxygen atoms in total. The fourth-order valence-electron chi connectivity index (χ4n) is 5.37. The first-order valence-corrected chi connectivity index (χ1v) is 16.3. The summed E-state index contributed by atoms with van der Waals surface area (Å²) in [4.78, 5) is 64.2. The highest BCUT2D eigenvalue weighted by atomic mass is 32.2.